The number of benzene rings is 1. The summed E-state index contributed by atoms with van der Waals surface area (Å²) >= 11 is 0. The van der Waals surface area contributed by atoms with Crippen molar-refractivity contribution in [1.29, 1.82) is 0 Å². The van der Waals surface area contributed by atoms with Crippen molar-refractivity contribution in [2.24, 2.45) is 5.92 Å². The highest BCUT2D eigenvalue weighted by atomic mass is 16.5. The molecule has 2 unspecified atom stereocenters. The van der Waals surface area contributed by atoms with E-state index in [4.69, 9.17) is 9.47 Å². The standard InChI is InChI=1S/C21H29NO3/c1-4-8-16-13-17(14-19(24-2)20(16)25-3)21(23)22-12-7-10-15-9-5-6-11-18(15)22/h4,13-15,18H,1,5-12H2,2-3H3. The predicted octanol–water partition coefficient (Wildman–Crippen LogP) is 4.23. The summed E-state index contributed by atoms with van der Waals surface area (Å²) < 4.78 is 11.0. The maximum atomic E-state index is 13.3. The third kappa shape index (κ3) is 3.53. The van der Waals surface area contributed by atoms with Crippen molar-refractivity contribution in [3.8, 4) is 11.5 Å². The zero-order valence-corrected chi connectivity index (χ0v) is 15.4. The number of methoxy groups -OCH3 is 2. The number of carbonyl (C=O) groups excluding carboxylic acids is 1. The molecule has 0 N–H and O–H groups in total. The summed E-state index contributed by atoms with van der Waals surface area (Å²) in [5.74, 6) is 2.11. The molecule has 1 heterocycles. The fourth-order valence-electron chi connectivity index (χ4n) is 4.52. The lowest BCUT2D eigenvalue weighted by Crippen LogP contribution is -2.49. The van der Waals surface area contributed by atoms with Gasteiger partial charge in [-0.05, 0) is 50.2 Å². The predicted molar refractivity (Wildman–Crippen MR) is 99.5 cm³/mol. The van der Waals surface area contributed by atoms with E-state index in [2.05, 4.69) is 11.5 Å². The van der Waals surface area contributed by atoms with E-state index in [0.717, 1.165) is 24.9 Å². The summed E-state index contributed by atoms with van der Waals surface area (Å²) in [6.07, 6.45) is 9.80. The van der Waals surface area contributed by atoms with Gasteiger partial charge in [-0.3, -0.25) is 4.79 Å². The normalized spacial score (nSPS) is 22.9. The van der Waals surface area contributed by atoms with Crippen LogP contribution in [0.4, 0.5) is 0 Å². The molecule has 0 bridgehead atoms. The molecule has 2 fully saturated rings. The molecule has 25 heavy (non-hydrogen) atoms. The smallest absolute Gasteiger partial charge is 0.254 e. The molecule has 4 heteroatoms. The minimum atomic E-state index is 0.128. The summed E-state index contributed by atoms with van der Waals surface area (Å²) in [6.45, 7) is 4.68. The van der Waals surface area contributed by atoms with Crippen molar-refractivity contribution in [2.75, 3.05) is 20.8 Å². The van der Waals surface area contributed by atoms with Crippen LogP contribution in [-0.2, 0) is 6.42 Å². The van der Waals surface area contributed by atoms with Crippen LogP contribution in [0.25, 0.3) is 0 Å². The van der Waals surface area contributed by atoms with Gasteiger partial charge >= 0.3 is 0 Å². The molecule has 4 nitrogen and oxygen atoms in total. The van der Waals surface area contributed by atoms with E-state index >= 15 is 0 Å². The Morgan fingerprint density at radius 3 is 2.68 bits per heavy atom. The van der Waals surface area contributed by atoms with Gasteiger partial charge in [0.25, 0.3) is 5.91 Å². The lowest BCUT2D eigenvalue weighted by Gasteiger charge is -2.44. The molecule has 1 saturated heterocycles. The minimum absolute atomic E-state index is 0.128. The second kappa shape index (κ2) is 7.94. The Morgan fingerprint density at radius 1 is 1.20 bits per heavy atom. The van der Waals surface area contributed by atoms with Gasteiger partial charge in [0.05, 0.1) is 14.2 Å². The first-order valence-corrected chi connectivity index (χ1v) is 9.36. The molecule has 1 aromatic rings. The van der Waals surface area contributed by atoms with Gasteiger partial charge in [-0.25, -0.2) is 0 Å². The first-order valence-electron chi connectivity index (χ1n) is 9.36. The van der Waals surface area contributed by atoms with Crippen molar-refractivity contribution >= 4 is 5.91 Å². The van der Waals surface area contributed by atoms with Crippen LogP contribution < -0.4 is 9.47 Å². The van der Waals surface area contributed by atoms with E-state index < -0.39 is 0 Å². The second-order valence-electron chi connectivity index (χ2n) is 7.12. The molecule has 1 saturated carbocycles. The number of carbonyl (C=O) groups is 1. The Balaban J connectivity index is 1.92. The molecule has 0 radical (unpaired) electrons. The van der Waals surface area contributed by atoms with Gasteiger partial charge in [0.1, 0.15) is 0 Å². The van der Waals surface area contributed by atoms with Gasteiger partial charge in [0.15, 0.2) is 11.5 Å². The summed E-state index contributed by atoms with van der Waals surface area (Å²) in [4.78, 5) is 15.4. The fraction of sp³-hybridized carbons (Fsp3) is 0.571. The largest absolute Gasteiger partial charge is 0.493 e. The van der Waals surface area contributed by atoms with E-state index in [0.29, 0.717) is 35.4 Å². The highest BCUT2D eigenvalue weighted by Crippen LogP contribution is 2.38. The zero-order valence-electron chi connectivity index (χ0n) is 15.4. The third-order valence-corrected chi connectivity index (χ3v) is 5.67. The molecule has 2 atom stereocenters. The highest BCUT2D eigenvalue weighted by molar-refractivity contribution is 5.95. The average Bonchev–Trinajstić information content (AvgIpc) is 2.66. The van der Waals surface area contributed by atoms with Crippen LogP contribution in [0.15, 0.2) is 24.8 Å². The van der Waals surface area contributed by atoms with E-state index in [1.54, 1.807) is 14.2 Å². The van der Waals surface area contributed by atoms with Crippen LogP contribution in [0.2, 0.25) is 0 Å². The molecule has 136 valence electrons. The molecule has 2 aliphatic rings. The van der Waals surface area contributed by atoms with Crippen molar-refractivity contribution in [1.82, 2.24) is 4.90 Å². The summed E-state index contributed by atoms with van der Waals surface area (Å²) in [5, 5.41) is 0. The lowest BCUT2D eigenvalue weighted by atomic mass is 9.78. The molecule has 1 amide bonds. The Morgan fingerprint density at radius 2 is 1.96 bits per heavy atom. The summed E-state index contributed by atoms with van der Waals surface area (Å²) in [6, 6.07) is 4.17. The monoisotopic (exact) mass is 343 g/mol. The third-order valence-electron chi connectivity index (χ3n) is 5.67. The zero-order chi connectivity index (χ0) is 17.8. The number of rotatable bonds is 5. The number of nitrogens with zero attached hydrogens (tertiary/aromatic N) is 1. The van der Waals surface area contributed by atoms with Crippen molar-refractivity contribution in [3.05, 3.63) is 35.9 Å². The minimum Gasteiger partial charge on any atom is -0.493 e. The van der Waals surface area contributed by atoms with E-state index in [-0.39, 0.29) is 5.91 Å². The molecule has 1 aliphatic heterocycles. The van der Waals surface area contributed by atoms with Crippen LogP contribution in [0, 0.1) is 5.92 Å². The Hall–Kier alpha value is -1.97. The van der Waals surface area contributed by atoms with E-state index in [1.165, 1.54) is 25.7 Å². The molecular weight excluding hydrogens is 314 g/mol. The lowest BCUT2D eigenvalue weighted by molar-refractivity contribution is 0.0390. The Bertz CT molecular complexity index is 638. The first-order chi connectivity index (χ1) is 12.2. The van der Waals surface area contributed by atoms with Crippen LogP contribution in [-0.4, -0.2) is 37.6 Å². The molecule has 3 rings (SSSR count). The van der Waals surface area contributed by atoms with Crippen LogP contribution in [0.5, 0.6) is 11.5 Å². The highest BCUT2D eigenvalue weighted by Gasteiger charge is 2.36. The van der Waals surface area contributed by atoms with E-state index in [1.807, 2.05) is 18.2 Å². The fourth-order valence-corrected chi connectivity index (χ4v) is 4.52. The molecule has 0 aromatic heterocycles. The summed E-state index contributed by atoms with van der Waals surface area (Å²) in [7, 11) is 3.24. The van der Waals surface area contributed by atoms with Gasteiger partial charge in [-0.1, -0.05) is 18.9 Å². The van der Waals surface area contributed by atoms with Crippen LogP contribution in [0.3, 0.4) is 0 Å². The Kier molecular flexibility index (Phi) is 5.67. The van der Waals surface area contributed by atoms with E-state index in [9.17, 15) is 4.79 Å². The number of ether oxygens (including phenoxy) is 2. The van der Waals surface area contributed by atoms with Gasteiger partial charge in [0.2, 0.25) is 0 Å². The number of fused-ring (bicyclic) bond motifs is 1. The maximum absolute atomic E-state index is 13.3. The first kappa shape index (κ1) is 17.8. The molecular formula is C21H29NO3. The number of likely N-dealkylation sites (tertiary alicyclic amines) is 1. The van der Waals surface area contributed by atoms with Crippen molar-refractivity contribution in [3.63, 3.8) is 0 Å². The number of piperidine rings is 1. The molecule has 1 aliphatic carbocycles. The SMILES string of the molecule is C=CCc1cc(C(=O)N2CCCC3CCCCC32)cc(OC)c1OC. The van der Waals surface area contributed by atoms with Gasteiger partial charge in [-0.15, -0.1) is 6.58 Å². The maximum Gasteiger partial charge on any atom is 0.254 e. The molecule has 1 aromatic carbocycles. The quantitative estimate of drug-likeness (QED) is 0.751. The van der Waals surface area contributed by atoms with Gasteiger partial charge in [-0.2, -0.15) is 0 Å². The molecule has 0 spiro atoms. The van der Waals surface area contributed by atoms with Crippen molar-refractivity contribution < 1.29 is 14.3 Å². The van der Waals surface area contributed by atoms with Gasteiger partial charge in [0, 0.05) is 23.7 Å². The number of hydrogen-bond acceptors (Lipinski definition) is 3. The number of hydrogen-bond donors (Lipinski definition) is 0. The Labute approximate surface area is 150 Å². The van der Waals surface area contributed by atoms with Crippen LogP contribution >= 0.6 is 0 Å². The second-order valence-corrected chi connectivity index (χ2v) is 7.12. The topological polar surface area (TPSA) is 38.8 Å². The number of allylic oxidation sites excluding steroid dienone is 1. The van der Waals surface area contributed by atoms with Crippen LogP contribution in [0.1, 0.15) is 54.4 Å². The average molecular weight is 343 g/mol. The van der Waals surface area contributed by atoms with Crippen molar-refractivity contribution in [2.45, 2.75) is 51.0 Å². The number of amides is 1. The summed E-state index contributed by atoms with van der Waals surface area (Å²) in [5.41, 5.74) is 1.64. The van der Waals surface area contributed by atoms with Gasteiger partial charge < -0.3 is 14.4 Å².